The summed E-state index contributed by atoms with van der Waals surface area (Å²) >= 11 is 1.99. The van der Waals surface area contributed by atoms with Gasteiger partial charge < -0.3 is 25.1 Å². The molecule has 0 saturated carbocycles. The molecule has 0 saturated heterocycles. The minimum Gasteiger partial charge on any atom is -0.462 e. The van der Waals surface area contributed by atoms with E-state index < -0.39 is 24.4 Å². The number of thioether (sulfide) groups is 1. The summed E-state index contributed by atoms with van der Waals surface area (Å²) in [5, 5.41) is 11.4. The molecule has 0 aliphatic heterocycles. The Labute approximate surface area is 206 Å². The van der Waals surface area contributed by atoms with E-state index in [0.29, 0.717) is 22.1 Å². The largest absolute Gasteiger partial charge is 0.462 e. The van der Waals surface area contributed by atoms with E-state index >= 15 is 0 Å². The van der Waals surface area contributed by atoms with Crippen molar-refractivity contribution in [2.75, 3.05) is 17.7 Å². The van der Waals surface area contributed by atoms with Crippen molar-refractivity contribution in [1.29, 1.82) is 0 Å². The van der Waals surface area contributed by atoms with Crippen LogP contribution >= 0.6 is 23.1 Å². The zero-order valence-electron chi connectivity index (χ0n) is 18.8. The van der Waals surface area contributed by atoms with E-state index in [-0.39, 0.29) is 33.6 Å². The first-order chi connectivity index (χ1) is 16.6. The number of ether oxygens (including phenoxy) is 2. The lowest BCUT2D eigenvalue weighted by molar-refractivity contribution is -0.113. The second-order valence-electron chi connectivity index (χ2n) is 6.95. The standard InChI is InChI=1S/C21H21F2N5O5S2/c1-4-32-19(31)14-10(2)15(16(24)30)35-18(14)25-13(29)9-34-21-27-26-17(28(21)3)11-5-7-12(8-6-11)33-20(22)23/h5-8,20H,4,9H2,1-3H3,(H2,24,30)(H,25,29). The van der Waals surface area contributed by atoms with Crippen molar-refractivity contribution in [1.82, 2.24) is 14.8 Å². The van der Waals surface area contributed by atoms with Crippen LogP contribution in [0.5, 0.6) is 5.75 Å². The second kappa shape index (κ2) is 11.3. The van der Waals surface area contributed by atoms with Crippen LogP contribution in [0.4, 0.5) is 13.8 Å². The van der Waals surface area contributed by atoms with Crippen LogP contribution in [0.15, 0.2) is 29.4 Å². The lowest BCUT2D eigenvalue weighted by atomic mass is 10.1. The van der Waals surface area contributed by atoms with E-state index in [1.54, 1.807) is 37.6 Å². The number of esters is 1. The number of carbonyl (C=O) groups excluding carboxylic acids is 3. The summed E-state index contributed by atoms with van der Waals surface area (Å²) in [5.41, 5.74) is 6.42. The van der Waals surface area contributed by atoms with E-state index in [1.807, 2.05) is 0 Å². The SMILES string of the molecule is CCOC(=O)c1c(NC(=O)CSc2nnc(-c3ccc(OC(F)F)cc3)n2C)sc(C(N)=O)c1C. The highest BCUT2D eigenvalue weighted by Crippen LogP contribution is 2.34. The van der Waals surface area contributed by atoms with Crippen LogP contribution in [0.25, 0.3) is 11.4 Å². The fourth-order valence-electron chi connectivity index (χ4n) is 3.06. The van der Waals surface area contributed by atoms with E-state index in [4.69, 9.17) is 10.5 Å². The Kier molecular flexibility index (Phi) is 8.40. The molecule has 1 aromatic carbocycles. The van der Waals surface area contributed by atoms with Crippen molar-refractivity contribution in [2.24, 2.45) is 12.8 Å². The van der Waals surface area contributed by atoms with E-state index in [9.17, 15) is 23.2 Å². The first kappa shape index (κ1) is 26.1. The summed E-state index contributed by atoms with van der Waals surface area (Å²) in [6.07, 6.45) is 0. The van der Waals surface area contributed by atoms with Crippen LogP contribution in [0.3, 0.4) is 0 Å². The maximum absolute atomic E-state index is 12.6. The van der Waals surface area contributed by atoms with Gasteiger partial charge in [-0.25, -0.2) is 4.79 Å². The highest BCUT2D eigenvalue weighted by Gasteiger charge is 2.26. The monoisotopic (exact) mass is 525 g/mol. The summed E-state index contributed by atoms with van der Waals surface area (Å²) < 4.78 is 35.7. The number of hydrogen-bond donors (Lipinski definition) is 2. The van der Waals surface area contributed by atoms with E-state index in [1.165, 1.54) is 12.1 Å². The van der Waals surface area contributed by atoms with Crippen LogP contribution in [-0.2, 0) is 16.6 Å². The Balaban J connectivity index is 1.70. The molecule has 14 heteroatoms. The molecule has 186 valence electrons. The van der Waals surface area contributed by atoms with Crippen molar-refractivity contribution in [3.63, 3.8) is 0 Å². The normalized spacial score (nSPS) is 10.9. The molecular weight excluding hydrogens is 504 g/mol. The van der Waals surface area contributed by atoms with Crippen LogP contribution in [-0.4, -0.2) is 51.5 Å². The molecule has 0 spiro atoms. The Morgan fingerprint density at radius 3 is 2.51 bits per heavy atom. The minimum absolute atomic E-state index is 0.0164. The average Bonchev–Trinajstić information content (AvgIpc) is 3.32. The molecule has 2 heterocycles. The van der Waals surface area contributed by atoms with Gasteiger partial charge in [0.15, 0.2) is 11.0 Å². The molecule has 0 aliphatic carbocycles. The Hall–Kier alpha value is -3.52. The molecule has 3 rings (SSSR count). The molecule has 3 N–H and O–H groups in total. The summed E-state index contributed by atoms with van der Waals surface area (Å²) in [4.78, 5) is 36.8. The highest BCUT2D eigenvalue weighted by atomic mass is 32.2. The number of nitrogens with two attached hydrogens (primary N) is 1. The number of nitrogens with one attached hydrogen (secondary N) is 1. The van der Waals surface area contributed by atoms with Crippen molar-refractivity contribution in [3.05, 3.63) is 40.3 Å². The maximum Gasteiger partial charge on any atom is 0.387 e. The average molecular weight is 526 g/mol. The van der Waals surface area contributed by atoms with Gasteiger partial charge in [-0.3, -0.25) is 9.59 Å². The fraction of sp³-hybridized carbons (Fsp3) is 0.286. The molecule has 35 heavy (non-hydrogen) atoms. The summed E-state index contributed by atoms with van der Waals surface area (Å²) in [6, 6.07) is 5.91. The minimum atomic E-state index is -2.92. The molecule has 0 bridgehead atoms. The topological polar surface area (TPSA) is 138 Å². The lowest BCUT2D eigenvalue weighted by Crippen LogP contribution is -2.17. The lowest BCUT2D eigenvalue weighted by Gasteiger charge is -2.08. The first-order valence-electron chi connectivity index (χ1n) is 10.1. The highest BCUT2D eigenvalue weighted by molar-refractivity contribution is 7.99. The number of benzene rings is 1. The number of primary amides is 1. The molecule has 2 aromatic heterocycles. The van der Waals surface area contributed by atoms with Crippen molar-refractivity contribution in [2.45, 2.75) is 25.6 Å². The zero-order chi connectivity index (χ0) is 25.7. The van der Waals surface area contributed by atoms with Gasteiger partial charge in [0.05, 0.1) is 22.8 Å². The molecular formula is C21H21F2N5O5S2. The van der Waals surface area contributed by atoms with Gasteiger partial charge in [-0.1, -0.05) is 11.8 Å². The Bertz CT molecular complexity index is 1240. The van der Waals surface area contributed by atoms with Crippen LogP contribution < -0.4 is 15.8 Å². The van der Waals surface area contributed by atoms with Gasteiger partial charge in [0, 0.05) is 12.6 Å². The van der Waals surface area contributed by atoms with Crippen LogP contribution in [0, 0.1) is 6.92 Å². The van der Waals surface area contributed by atoms with Gasteiger partial charge >= 0.3 is 12.6 Å². The molecule has 0 atom stereocenters. The van der Waals surface area contributed by atoms with E-state index in [0.717, 1.165) is 23.1 Å². The van der Waals surface area contributed by atoms with Gasteiger partial charge in [-0.15, -0.1) is 21.5 Å². The van der Waals surface area contributed by atoms with Gasteiger partial charge in [0.1, 0.15) is 10.8 Å². The van der Waals surface area contributed by atoms with Crippen LogP contribution in [0.1, 0.15) is 32.5 Å². The summed E-state index contributed by atoms with van der Waals surface area (Å²) in [5.74, 6) is -1.43. The first-order valence-corrected chi connectivity index (χ1v) is 11.9. The number of nitrogens with zero attached hydrogens (tertiary/aromatic N) is 3. The van der Waals surface area contributed by atoms with Gasteiger partial charge in [-0.2, -0.15) is 8.78 Å². The molecule has 2 amide bonds. The zero-order valence-corrected chi connectivity index (χ0v) is 20.5. The van der Waals surface area contributed by atoms with Crippen molar-refractivity contribution < 1.29 is 32.6 Å². The van der Waals surface area contributed by atoms with Gasteiger partial charge in [-0.05, 0) is 43.7 Å². The quantitative estimate of drug-likeness (QED) is 0.303. The molecule has 0 fully saturated rings. The Morgan fingerprint density at radius 1 is 1.23 bits per heavy atom. The number of amides is 2. The number of carbonyl (C=O) groups is 3. The smallest absolute Gasteiger partial charge is 0.387 e. The summed E-state index contributed by atoms with van der Waals surface area (Å²) in [6.45, 7) is 0.406. The van der Waals surface area contributed by atoms with Gasteiger partial charge in [0.2, 0.25) is 5.91 Å². The molecule has 10 nitrogen and oxygen atoms in total. The molecule has 0 aliphatic rings. The number of hydrogen-bond acceptors (Lipinski definition) is 9. The van der Waals surface area contributed by atoms with Crippen LogP contribution in [0.2, 0.25) is 0 Å². The number of halogens is 2. The number of anilines is 1. The molecule has 3 aromatic rings. The van der Waals surface area contributed by atoms with Crippen molar-refractivity contribution >= 4 is 45.9 Å². The molecule has 0 radical (unpaired) electrons. The van der Waals surface area contributed by atoms with Crippen molar-refractivity contribution in [3.8, 4) is 17.1 Å². The van der Waals surface area contributed by atoms with Gasteiger partial charge in [0.25, 0.3) is 5.91 Å². The molecule has 0 unspecified atom stereocenters. The number of alkyl halides is 2. The maximum atomic E-state index is 12.6. The predicted molar refractivity (Wildman–Crippen MR) is 126 cm³/mol. The van der Waals surface area contributed by atoms with E-state index in [2.05, 4.69) is 20.3 Å². The third-order valence-corrected chi connectivity index (χ3v) is 6.85. The number of aromatic nitrogens is 3. The third kappa shape index (κ3) is 6.14. The fourth-order valence-corrected chi connectivity index (χ4v) is 4.83. The summed E-state index contributed by atoms with van der Waals surface area (Å²) in [7, 11) is 1.69. The number of rotatable bonds is 10. The Morgan fingerprint density at radius 2 is 1.91 bits per heavy atom. The predicted octanol–water partition coefficient (Wildman–Crippen LogP) is 3.46. The third-order valence-electron chi connectivity index (χ3n) is 4.61. The number of thiophene rings is 1. The second-order valence-corrected chi connectivity index (χ2v) is 8.91.